The minimum absolute atomic E-state index is 0.0834. The van der Waals surface area contributed by atoms with Crippen LogP contribution in [0.4, 0.5) is 5.69 Å². The number of aromatic nitrogens is 1. The normalized spacial score (nSPS) is 12.0. The van der Waals surface area contributed by atoms with E-state index >= 15 is 0 Å². The molecule has 28 heavy (non-hydrogen) atoms. The number of hydrogen-bond donors (Lipinski definition) is 1. The van der Waals surface area contributed by atoms with Gasteiger partial charge in [0.15, 0.2) is 0 Å². The lowest BCUT2D eigenvalue weighted by Crippen LogP contribution is -2.21. The van der Waals surface area contributed by atoms with Gasteiger partial charge in [0, 0.05) is 22.1 Å². The Morgan fingerprint density at radius 3 is 2.32 bits per heavy atom. The van der Waals surface area contributed by atoms with Crippen LogP contribution in [0.5, 0.6) is 0 Å². The van der Waals surface area contributed by atoms with Gasteiger partial charge in [0.1, 0.15) is 11.5 Å². The molecule has 0 aliphatic rings. The summed E-state index contributed by atoms with van der Waals surface area (Å²) in [5, 5.41) is 2.87. The molecule has 2 aromatic carbocycles. The van der Waals surface area contributed by atoms with Crippen molar-refractivity contribution < 1.29 is 13.4 Å². The van der Waals surface area contributed by atoms with E-state index in [2.05, 4.69) is 10.3 Å². The maximum atomic E-state index is 12.5. The molecule has 0 saturated carbocycles. The monoisotopic (exact) mass is 396 g/mol. The van der Waals surface area contributed by atoms with Crippen molar-refractivity contribution in [2.75, 3.05) is 11.1 Å². The van der Waals surface area contributed by atoms with Crippen molar-refractivity contribution in [2.24, 2.45) is 0 Å². The second kappa shape index (κ2) is 8.52. The first-order valence-corrected chi connectivity index (χ1v) is 10.6. The quantitative estimate of drug-likeness (QED) is 0.668. The van der Waals surface area contributed by atoms with E-state index in [1.54, 1.807) is 6.92 Å². The molecule has 3 aromatic rings. The van der Waals surface area contributed by atoms with Crippen molar-refractivity contribution in [1.29, 1.82) is 0 Å². The third-order valence-electron chi connectivity index (χ3n) is 4.53. The fraction of sp³-hybridized carbons (Fsp3) is 0.273. The number of carbonyl (C=O) groups is 1. The SMILES string of the molecule is Cc1ccc(-c2nc(C[S@@](=O)CC(=O)Nc3c(C)cccc3C)c(C)o2)cc1. The average Bonchev–Trinajstić information content (AvgIpc) is 2.99. The van der Waals surface area contributed by atoms with E-state index in [4.69, 9.17) is 4.42 Å². The number of rotatable bonds is 6. The van der Waals surface area contributed by atoms with Crippen LogP contribution in [-0.2, 0) is 21.3 Å². The van der Waals surface area contributed by atoms with Gasteiger partial charge in [0.05, 0.1) is 11.4 Å². The van der Waals surface area contributed by atoms with Gasteiger partial charge in [-0.15, -0.1) is 0 Å². The van der Waals surface area contributed by atoms with Crippen LogP contribution in [0, 0.1) is 27.7 Å². The highest BCUT2D eigenvalue weighted by Crippen LogP contribution is 2.23. The molecule has 1 heterocycles. The summed E-state index contributed by atoms with van der Waals surface area (Å²) in [5.41, 5.74) is 5.39. The number of carbonyl (C=O) groups excluding carboxylic acids is 1. The molecule has 0 aliphatic heterocycles. The van der Waals surface area contributed by atoms with Gasteiger partial charge in [-0.3, -0.25) is 9.00 Å². The molecule has 1 amide bonds. The van der Waals surface area contributed by atoms with Crippen LogP contribution in [0.25, 0.3) is 11.5 Å². The molecule has 3 rings (SSSR count). The molecule has 0 spiro atoms. The smallest absolute Gasteiger partial charge is 0.237 e. The lowest BCUT2D eigenvalue weighted by molar-refractivity contribution is -0.113. The summed E-state index contributed by atoms with van der Waals surface area (Å²) >= 11 is 0. The Morgan fingerprint density at radius 1 is 1.04 bits per heavy atom. The molecule has 6 heteroatoms. The van der Waals surface area contributed by atoms with Gasteiger partial charge in [0.2, 0.25) is 11.8 Å². The molecule has 0 radical (unpaired) electrons. The fourth-order valence-corrected chi connectivity index (χ4v) is 3.96. The summed E-state index contributed by atoms with van der Waals surface area (Å²) in [7, 11) is -1.38. The average molecular weight is 397 g/mol. The zero-order valence-corrected chi connectivity index (χ0v) is 17.4. The number of hydrogen-bond acceptors (Lipinski definition) is 4. The standard InChI is InChI=1S/C22H24N2O3S/c1-14-8-10-18(11-9-14)22-23-19(17(4)27-22)12-28(26)13-20(25)24-21-15(2)6-5-7-16(21)3/h5-11H,12-13H2,1-4H3,(H,24,25)/t28-/m1/s1. The van der Waals surface area contributed by atoms with Gasteiger partial charge in [0.25, 0.3) is 0 Å². The van der Waals surface area contributed by atoms with Crippen molar-refractivity contribution in [2.45, 2.75) is 33.4 Å². The first-order chi connectivity index (χ1) is 13.3. The molecule has 0 unspecified atom stereocenters. The molecule has 0 saturated heterocycles. The Kier molecular flexibility index (Phi) is 6.09. The molecule has 0 fully saturated rings. The lowest BCUT2D eigenvalue weighted by atomic mass is 10.1. The predicted octanol–water partition coefficient (Wildman–Crippen LogP) is 4.46. The van der Waals surface area contributed by atoms with Crippen LogP contribution in [0.1, 0.15) is 28.1 Å². The maximum absolute atomic E-state index is 12.5. The van der Waals surface area contributed by atoms with Crippen molar-refractivity contribution in [1.82, 2.24) is 4.98 Å². The Hall–Kier alpha value is -2.73. The second-order valence-corrected chi connectivity index (χ2v) is 8.39. The number of anilines is 1. The number of amides is 1. The molecule has 0 bridgehead atoms. The molecule has 5 nitrogen and oxygen atoms in total. The summed E-state index contributed by atoms with van der Waals surface area (Å²) in [4.78, 5) is 16.8. The Bertz CT molecular complexity index is 1000. The predicted molar refractivity (Wildman–Crippen MR) is 113 cm³/mol. The summed E-state index contributed by atoms with van der Waals surface area (Å²) < 4.78 is 18.2. The van der Waals surface area contributed by atoms with Gasteiger partial charge >= 0.3 is 0 Å². The van der Waals surface area contributed by atoms with E-state index in [1.807, 2.05) is 63.2 Å². The molecule has 1 N–H and O–H groups in total. The highest BCUT2D eigenvalue weighted by atomic mass is 32.2. The number of nitrogens with zero attached hydrogens (tertiary/aromatic N) is 1. The minimum atomic E-state index is -1.38. The van der Waals surface area contributed by atoms with E-state index in [9.17, 15) is 9.00 Å². The van der Waals surface area contributed by atoms with Crippen molar-refractivity contribution >= 4 is 22.4 Å². The molecular formula is C22H24N2O3S. The third-order valence-corrected chi connectivity index (χ3v) is 5.71. The third kappa shape index (κ3) is 4.75. The fourth-order valence-electron chi connectivity index (χ4n) is 2.92. The van der Waals surface area contributed by atoms with E-state index in [0.29, 0.717) is 17.3 Å². The lowest BCUT2D eigenvalue weighted by Gasteiger charge is -2.11. The second-order valence-electron chi connectivity index (χ2n) is 6.93. The summed E-state index contributed by atoms with van der Waals surface area (Å²) in [5.74, 6) is 0.959. The van der Waals surface area contributed by atoms with Gasteiger partial charge in [-0.05, 0) is 51.0 Å². The minimum Gasteiger partial charge on any atom is -0.441 e. The number of aryl methyl sites for hydroxylation is 4. The number of benzene rings is 2. The highest BCUT2D eigenvalue weighted by Gasteiger charge is 2.17. The van der Waals surface area contributed by atoms with Crippen LogP contribution < -0.4 is 5.32 Å². The zero-order chi connectivity index (χ0) is 20.3. The van der Waals surface area contributed by atoms with E-state index in [0.717, 1.165) is 27.9 Å². The zero-order valence-electron chi connectivity index (χ0n) is 16.5. The molecule has 0 aliphatic carbocycles. The number of para-hydroxylation sites is 1. The van der Waals surface area contributed by atoms with Gasteiger partial charge in [-0.25, -0.2) is 4.98 Å². The van der Waals surface area contributed by atoms with Crippen LogP contribution in [0.2, 0.25) is 0 Å². The summed E-state index contributed by atoms with van der Waals surface area (Å²) in [6.45, 7) is 7.69. The molecular weight excluding hydrogens is 372 g/mol. The summed E-state index contributed by atoms with van der Waals surface area (Å²) in [6.07, 6.45) is 0. The Balaban J connectivity index is 1.65. The van der Waals surface area contributed by atoms with Gasteiger partial charge in [-0.1, -0.05) is 35.9 Å². The van der Waals surface area contributed by atoms with E-state index in [1.165, 1.54) is 0 Å². The Morgan fingerprint density at radius 2 is 1.68 bits per heavy atom. The molecule has 1 aromatic heterocycles. The van der Waals surface area contributed by atoms with Crippen molar-refractivity contribution in [3.05, 3.63) is 70.6 Å². The van der Waals surface area contributed by atoms with E-state index in [-0.39, 0.29) is 17.4 Å². The van der Waals surface area contributed by atoms with Crippen LogP contribution in [0.3, 0.4) is 0 Å². The van der Waals surface area contributed by atoms with Gasteiger partial charge < -0.3 is 9.73 Å². The maximum Gasteiger partial charge on any atom is 0.237 e. The largest absolute Gasteiger partial charge is 0.441 e. The molecule has 146 valence electrons. The highest BCUT2D eigenvalue weighted by molar-refractivity contribution is 7.84. The number of oxazole rings is 1. The van der Waals surface area contributed by atoms with Crippen LogP contribution in [-0.4, -0.2) is 20.9 Å². The topological polar surface area (TPSA) is 72.2 Å². The van der Waals surface area contributed by atoms with Crippen molar-refractivity contribution in [3.8, 4) is 11.5 Å². The Labute approximate surface area is 167 Å². The van der Waals surface area contributed by atoms with Crippen molar-refractivity contribution in [3.63, 3.8) is 0 Å². The van der Waals surface area contributed by atoms with Crippen LogP contribution >= 0.6 is 0 Å². The van der Waals surface area contributed by atoms with Gasteiger partial charge in [-0.2, -0.15) is 0 Å². The molecule has 1 atom stereocenters. The first kappa shape index (κ1) is 20.0. The summed E-state index contributed by atoms with van der Waals surface area (Å²) in [6, 6.07) is 13.7. The number of nitrogens with one attached hydrogen (secondary N) is 1. The van der Waals surface area contributed by atoms with Crippen LogP contribution in [0.15, 0.2) is 46.9 Å². The first-order valence-electron chi connectivity index (χ1n) is 9.08. The van der Waals surface area contributed by atoms with E-state index < -0.39 is 10.8 Å².